The number of aliphatic hydroxyl groups is 1. The average Bonchev–Trinajstić information content (AvgIpc) is 2.39. The van der Waals surface area contributed by atoms with E-state index in [9.17, 15) is 9.18 Å². The molecule has 1 aromatic carbocycles. The van der Waals surface area contributed by atoms with E-state index in [0.717, 1.165) is 5.75 Å². The van der Waals surface area contributed by atoms with Gasteiger partial charge in [-0.25, -0.2) is 9.18 Å². The maximum atomic E-state index is 13.5. The van der Waals surface area contributed by atoms with Crippen molar-refractivity contribution in [2.24, 2.45) is 5.92 Å². The van der Waals surface area contributed by atoms with E-state index in [1.54, 1.807) is 0 Å². The van der Waals surface area contributed by atoms with Crippen molar-refractivity contribution in [2.45, 2.75) is 12.7 Å². The monoisotopic (exact) mass is 272 g/mol. The summed E-state index contributed by atoms with van der Waals surface area (Å²) >= 11 is 1.53. The molecule has 0 aromatic heterocycles. The van der Waals surface area contributed by atoms with Crippen molar-refractivity contribution in [1.82, 2.24) is 0 Å². The number of hydrogen-bond acceptors (Lipinski definition) is 4. The first kappa shape index (κ1) is 15.0. The van der Waals surface area contributed by atoms with Gasteiger partial charge in [0, 0.05) is 12.4 Å². The van der Waals surface area contributed by atoms with Gasteiger partial charge in [-0.05, 0) is 35.4 Å². The molecule has 18 heavy (non-hydrogen) atoms. The third kappa shape index (κ3) is 4.31. The molecule has 0 aliphatic carbocycles. The Morgan fingerprint density at radius 2 is 2.28 bits per heavy atom. The Bertz CT molecular complexity index is 409. The number of rotatable bonds is 6. The second-order valence-corrected chi connectivity index (χ2v) is 5.13. The molecule has 100 valence electrons. The van der Waals surface area contributed by atoms with Gasteiger partial charge in [-0.15, -0.1) is 0 Å². The van der Waals surface area contributed by atoms with Crippen LogP contribution in [0.1, 0.15) is 22.8 Å². The zero-order valence-corrected chi connectivity index (χ0v) is 11.3. The van der Waals surface area contributed by atoms with E-state index in [-0.39, 0.29) is 18.3 Å². The fourth-order valence-electron chi connectivity index (χ4n) is 1.35. The quantitative estimate of drug-likeness (QED) is 0.808. The number of methoxy groups -OCH3 is 1. The van der Waals surface area contributed by atoms with Gasteiger partial charge in [0.15, 0.2) is 0 Å². The lowest BCUT2D eigenvalue weighted by Crippen LogP contribution is -2.05. The van der Waals surface area contributed by atoms with Gasteiger partial charge >= 0.3 is 5.97 Å². The number of aliphatic hydroxyl groups excluding tert-OH is 1. The van der Waals surface area contributed by atoms with E-state index in [4.69, 9.17) is 5.11 Å². The van der Waals surface area contributed by atoms with Crippen LogP contribution in [0, 0.1) is 11.7 Å². The van der Waals surface area contributed by atoms with Gasteiger partial charge in [-0.2, -0.15) is 11.8 Å². The first-order chi connectivity index (χ1) is 8.58. The number of benzene rings is 1. The number of thioether (sulfide) groups is 1. The van der Waals surface area contributed by atoms with Crippen LogP contribution in [-0.2, 0) is 10.5 Å². The third-order valence-electron chi connectivity index (χ3n) is 2.44. The van der Waals surface area contributed by atoms with Crippen LogP contribution in [0.2, 0.25) is 0 Å². The highest BCUT2D eigenvalue weighted by atomic mass is 32.2. The smallest absolute Gasteiger partial charge is 0.337 e. The molecule has 0 fully saturated rings. The van der Waals surface area contributed by atoms with Gasteiger partial charge in [0.05, 0.1) is 12.7 Å². The third-order valence-corrected chi connectivity index (χ3v) is 3.76. The van der Waals surface area contributed by atoms with Crippen LogP contribution in [-0.4, -0.2) is 30.5 Å². The molecule has 1 atom stereocenters. The van der Waals surface area contributed by atoms with Gasteiger partial charge in [-0.3, -0.25) is 0 Å². The molecule has 0 amide bonds. The highest BCUT2D eigenvalue weighted by Gasteiger charge is 2.10. The van der Waals surface area contributed by atoms with E-state index in [1.165, 1.54) is 37.1 Å². The minimum Gasteiger partial charge on any atom is -0.465 e. The van der Waals surface area contributed by atoms with Crippen molar-refractivity contribution in [3.8, 4) is 0 Å². The number of hydrogen-bond donors (Lipinski definition) is 1. The molecule has 0 aliphatic rings. The minimum absolute atomic E-state index is 0.123. The molecule has 3 nitrogen and oxygen atoms in total. The molecule has 0 heterocycles. The predicted molar refractivity (Wildman–Crippen MR) is 70.2 cm³/mol. The molecule has 1 aromatic rings. The molecule has 0 radical (unpaired) electrons. The lowest BCUT2D eigenvalue weighted by molar-refractivity contribution is 0.0600. The lowest BCUT2D eigenvalue weighted by atomic mass is 10.1. The van der Waals surface area contributed by atoms with Crippen LogP contribution >= 0.6 is 11.8 Å². The molecule has 1 unspecified atom stereocenters. The Morgan fingerprint density at radius 1 is 1.56 bits per heavy atom. The molecule has 0 saturated carbocycles. The Balaban J connectivity index is 2.66. The Labute approximate surface area is 110 Å². The van der Waals surface area contributed by atoms with Gasteiger partial charge < -0.3 is 9.84 Å². The van der Waals surface area contributed by atoms with E-state index < -0.39 is 5.97 Å². The van der Waals surface area contributed by atoms with Gasteiger partial charge in [0.25, 0.3) is 0 Å². The molecular formula is C13H17FO3S. The molecular weight excluding hydrogens is 255 g/mol. The highest BCUT2D eigenvalue weighted by molar-refractivity contribution is 7.98. The van der Waals surface area contributed by atoms with Crippen molar-refractivity contribution in [1.29, 1.82) is 0 Å². The lowest BCUT2D eigenvalue weighted by Gasteiger charge is -2.08. The first-order valence-electron chi connectivity index (χ1n) is 5.63. The second kappa shape index (κ2) is 7.38. The van der Waals surface area contributed by atoms with Gasteiger partial charge in [0.2, 0.25) is 0 Å². The Kier molecular flexibility index (Phi) is 6.15. The van der Waals surface area contributed by atoms with Crippen LogP contribution in [0.3, 0.4) is 0 Å². The first-order valence-corrected chi connectivity index (χ1v) is 6.79. The van der Waals surface area contributed by atoms with Crippen LogP contribution in [0.15, 0.2) is 18.2 Å². The number of esters is 1. The van der Waals surface area contributed by atoms with Crippen molar-refractivity contribution < 1.29 is 19.0 Å². The largest absolute Gasteiger partial charge is 0.465 e. The topological polar surface area (TPSA) is 46.5 Å². The average molecular weight is 272 g/mol. The molecule has 0 spiro atoms. The molecule has 0 saturated heterocycles. The molecule has 5 heteroatoms. The molecule has 0 aliphatic heterocycles. The molecule has 1 rings (SSSR count). The summed E-state index contributed by atoms with van der Waals surface area (Å²) in [4.78, 5) is 11.3. The van der Waals surface area contributed by atoms with Crippen LogP contribution in [0.4, 0.5) is 4.39 Å². The predicted octanol–water partition coefficient (Wildman–Crippen LogP) is 2.47. The zero-order chi connectivity index (χ0) is 13.5. The molecule has 1 N–H and O–H groups in total. The number of halogens is 1. The summed E-state index contributed by atoms with van der Waals surface area (Å²) in [5, 5.41) is 8.89. The van der Waals surface area contributed by atoms with Gasteiger partial charge in [0.1, 0.15) is 5.82 Å². The number of carbonyl (C=O) groups is 1. The van der Waals surface area contributed by atoms with E-state index in [1.807, 2.05) is 6.92 Å². The molecule has 0 bridgehead atoms. The summed E-state index contributed by atoms with van der Waals surface area (Å²) in [7, 11) is 1.29. The minimum atomic E-state index is -0.468. The van der Waals surface area contributed by atoms with E-state index >= 15 is 0 Å². The van der Waals surface area contributed by atoms with Crippen LogP contribution in [0.5, 0.6) is 0 Å². The normalized spacial score (nSPS) is 12.2. The maximum absolute atomic E-state index is 13.5. The van der Waals surface area contributed by atoms with Crippen LogP contribution < -0.4 is 0 Å². The summed E-state index contributed by atoms with van der Waals surface area (Å²) in [6.07, 6.45) is 0. The van der Waals surface area contributed by atoms with E-state index in [0.29, 0.717) is 16.9 Å². The number of ether oxygens (including phenoxy) is 1. The Morgan fingerprint density at radius 3 is 2.89 bits per heavy atom. The fourth-order valence-corrected chi connectivity index (χ4v) is 2.42. The second-order valence-electron chi connectivity index (χ2n) is 4.10. The fraction of sp³-hybridized carbons (Fsp3) is 0.462. The standard InChI is InChI=1S/C13H17FO3S/c1-9(6-15)7-18-8-11-5-10(13(16)17-2)3-4-12(11)14/h3-5,9,15H,6-8H2,1-2H3. The Hall–Kier alpha value is -1.07. The summed E-state index contributed by atoms with van der Waals surface area (Å²) in [5.41, 5.74) is 0.831. The highest BCUT2D eigenvalue weighted by Crippen LogP contribution is 2.19. The van der Waals surface area contributed by atoms with Crippen molar-refractivity contribution in [3.63, 3.8) is 0 Å². The van der Waals surface area contributed by atoms with E-state index in [2.05, 4.69) is 4.74 Å². The van der Waals surface area contributed by atoms with Crippen molar-refractivity contribution in [3.05, 3.63) is 35.1 Å². The SMILES string of the molecule is COC(=O)c1ccc(F)c(CSCC(C)CO)c1. The summed E-state index contributed by atoms with van der Waals surface area (Å²) in [6, 6.07) is 4.20. The zero-order valence-electron chi connectivity index (χ0n) is 10.5. The summed E-state index contributed by atoms with van der Waals surface area (Å²) < 4.78 is 18.1. The van der Waals surface area contributed by atoms with Crippen molar-refractivity contribution in [2.75, 3.05) is 19.5 Å². The summed E-state index contributed by atoms with van der Waals surface area (Å²) in [6.45, 7) is 2.05. The summed E-state index contributed by atoms with van der Waals surface area (Å²) in [5.74, 6) is 0.609. The van der Waals surface area contributed by atoms with Crippen LogP contribution in [0.25, 0.3) is 0 Å². The number of carbonyl (C=O) groups excluding carboxylic acids is 1. The van der Waals surface area contributed by atoms with Gasteiger partial charge in [-0.1, -0.05) is 6.92 Å². The van der Waals surface area contributed by atoms with Crippen molar-refractivity contribution >= 4 is 17.7 Å². The maximum Gasteiger partial charge on any atom is 0.337 e.